The summed E-state index contributed by atoms with van der Waals surface area (Å²) in [6, 6.07) is 13.6. The highest BCUT2D eigenvalue weighted by atomic mass is 32.2. The molecule has 2 aliphatic heterocycles. The maximum Gasteiger partial charge on any atom is 0.407 e. The monoisotopic (exact) mass is 690 g/mol. The molecule has 4 rings (SSSR count). The fraction of sp³-hybridized carbons (Fsp3) is 0.588. The summed E-state index contributed by atoms with van der Waals surface area (Å²) in [5.74, 6) is -0.196. The van der Waals surface area contributed by atoms with E-state index in [1.807, 2.05) is 44.2 Å². The maximum absolute atomic E-state index is 14.2. The van der Waals surface area contributed by atoms with Crippen LogP contribution in [0.2, 0.25) is 0 Å². The number of hydrogen-bond donors (Lipinski definition) is 4. The number of fused-ring (bicyclic) bond motifs is 1. The van der Waals surface area contributed by atoms with Crippen molar-refractivity contribution in [3.05, 3.63) is 60.2 Å². The van der Waals surface area contributed by atoms with Gasteiger partial charge in [0.15, 0.2) is 6.29 Å². The molecular formula is C34H50N4O9S. The van der Waals surface area contributed by atoms with Crippen LogP contribution < -0.4 is 11.1 Å². The average molecular weight is 691 g/mol. The lowest BCUT2D eigenvalue weighted by molar-refractivity contribution is -0.0906. The number of aliphatic hydroxyl groups is 1. The lowest BCUT2D eigenvalue weighted by atomic mass is 9.87. The third kappa shape index (κ3) is 9.82. The fourth-order valence-corrected chi connectivity index (χ4v) is 8.21. The predicted molar refractivity (Wildman–Crippen MR) is 180 cm³/mol. The molecule has 0 aliphatic carbocycles. The van der Waals surface area contributed by atoms with E-state index in [1.165, 1.54) is 33.5 Å². The van der Waals surface area contributed by atoms with E-state index in [4.69, 9.17) is 19.9 Å². The number of rotatable bonds is 17. The van der Waals surface area contributed by atoms with Gasteiger partial charge in [-0.3, -0.25) is 4.90 Å². The highest BCUT2D eigenvalue weighted by molar-refractivity contribution is 7.89. The molecule has 2 amide bonds. The Morgan fingerprint density at radius 2 is 1.81 bits per heavy atom. The van der Waals surface area contributed by atoms with E-state index in [0.717, 1.165) is 5.56 Å². The highest BCUT2D eigenvalue weighted by Gasteiger charge is 2.49. The molecule has 48 heavy (non-hydrogen) atoms. The van der Waals surface area contributed by atoms with Gasteiger partial charge in [0.1, 0.15) is 0 Å². The number of benzene rings is 2. The first-order valence-corrected chi connectivity index (χ1v) is 18.0. The molecular weight excluding hydrogens is 640 g/mol. The molecule has 2 aliphatic rings. The molecule has 0 spiro atoms. The Labute approximate surface area is 283 Å². The molecule has 5 N–H and O–H groups in total. The molecule has 2 saturated heterocycles. The van der Waals surface area contributed by atoms with Gasteiger partial charge in [-0.15, -0.1) is 0 Å². The SMILES string of the molecule is CCOC(=O)NCCCCC(C)(C)CN(C[C@@H](O)[C@H](Cc1ccccc1)N(C(=O)O)[C@H]1CO[C@H]2OCC[C@H]21)S(=O)(=O)c1ccc(N)cc1. The molecule has 0 bridgehead atoms. The number of ether oxygens (including phenoxy) is 3. The van der Waals surface area contributed by atoms with E-state index in [2.05, 4.69) is 5.32 Å². The number of anilines is 1. The van der Waals surface area contributed by atoms with Crippen molar-refractivity contribution >= 4 is 27.9 Å². The number of alkyl carbamates (subject to hydrolysis) is 1. The molecule has 2 aromatic carbocycles. The quantitative estimate of drug-likeness (QED) is 0.140. The molecule has 13 nitrogen and oxygen atoms in total. The van der Waals surface area contributed by atoms with Gasteiger partial charge in [-0.05, 0) is 67.9 Å². The van der Waals surface area contributed by atoms with Crippen LogP contribution in [0.3, 0.4) is 0 Å². The summed E-state index contributed by atoms with van der Waals surface area (Å²) in [4.78, 5) is 25.9. The Kier molecular flexibility index (Phi) is 13.1. The number of aliphatic hydroxyl groups excluding tert-OH is 1. The van der Waals surface area contributed by atoms with Gasteiger partial charge in [0.2, 0.25) is 10.0 Å². The van der Waals surface area contributed by atoms with Crippen molar-refractivity contribution in [3.63, 3.8) is 0 Å². The smallest absolute Gasteiger partial charge is 0.407 e. The van der Waals surface area contributed by atoms with Gasteiger partial charge in [0.05, 0.1) is 42.9 Å². The normalized spacial score (nSPS) is 20.6. The van der Waals surface area contributed by atoms with Crippen LogP contribution in [-0.4, -0.2) is 104 Å². The topological polar surface area (TPSA) is 181 Å². The Morgan fingerprint density at radius 1 is 1.10 bits per heavy atom. The summed E-state index contributed by atoms with van der Waals surface area (Å²) in [5, 5.41) is 25.3. The van der Waals surface area contributed by atoms with E-state index in [-0.39, 0.29) is 43.5 Å². The number of nitrogens with zero attached hydrogens (tertiary/aromatic N) is 2. The molecule has 5 atom stereocenters. The average Bonchev–Trinajstić information content (AvgIpc) is 3.66. The van der Waals surface area contributed by atoms with Crippen molar-refractivity contribution in [2.24, 2.45) is 11.3 Å². The summed E-state index contributed by atoms with van der Waals surface area (Å²) < 4.78 is 46.0. The van der Waals surface area contributed by atoms with Crippen molar-refractivity contribution in [1.29, 1.82) is 0 Å². The van der Waals surface area contributed by atoms with Crippen LogP contribution in [0.1, 0.15) is 52.0 Å². The van der Waals surface area contributed by atoms with Crippen LogP contribution in [0, 0.1) is 11.3 Å². The Bertz CT molecular complexity index is 1440. The van der Waals surface area contributed by atoms with Gasteiger partial charge in [0.25, 0.3) is 0 Å². The van der Waals surface area contributed by atoms with E-state index in [0.29, 0.717) is 44.5 Å². The summed E-state index contributed by atoms with van der Waals surface area (Å²) in [6.07, 6.45) is -0.834. The zero-order valence-corrected chi connectivity index (χ0v) is 28.8. The second-order valence-corrected chi connectivity index (χ2v) is 15.2. The van der Waals surface area contributed by atoms with Crippen LogP contribution in [0.4, 0.5) is 15.3 Å². The molecule has 2 fully saturated rings. The van der Waals surface area contributed by atoms with Crippen molar-refractivity contribution in [2.75, 3.05) is 45.2 Å². The van der Waals surface area contributed by atoms with Crippen LogP contribution in [0.15, 0.2) is 59.5 Å². The van der Waals surface area contributed by atoms with E-state index < -0.39 is 52.1 Å². The van der Waals surface area contributed by atoms with Gasteiger partial charge in [-0.1, -0.05) is 50.6 Å². The Hall–Kier alpha value is -3.43. The highest BCUT2D eigenvalue weighted by Crippen LogP contribution is 2.36. The number of nitrogen functional groups attached to an aromatic ring is 1. The van der Waals surface area contributed by atoms with E-state index in [9.17, 15) is 28.2 Å². The molecule has 2 heterocycles. The van der Waals surface area contributed by atoms with Crippen LogP contribution >= 0.6 is 0 Å². The number of hydrogen-bond acceptors (Lipinski definition) is 9. The minimum atomic E-state index is -4.15. The van der Waals surface area contributed by atoms with Crippen molar-refractivity contribution in [1.82, 2.24) is 14.5 Å². The number of unbranched alkanes of at least 4 members (excludes halogenated alkanes) is 1. The third-order valence-corrected chi connectivity index (χ3v) is 10.8. The molecule has 0 aromatic heterocycles. The van der Waals surface area contributed by atoms with Gasteiger partial charge in [-0.25, -0.2) is 18.0 Å². The molecule has 2 aromatic rings. The van der Waals surface area contributed by atoms with E-state index >= 15 is 0 Å². The first kappa shape index (κ1) is 37.4. The predicted octanol–water partition coefficient (Wildman–Crippen LogP) is 3.92. The van der Waals surface area contributed by atoms with Gasteiger partial charge in [-0.2, -0.15) is 4.31 Å². The number of nitrogens with two attached hydrogens (primary N) is 1. The summed E-state index contributed by atoms with van der Waals surface area (Å²) in [7, 11) is -4.15. The molecule has 0 saturated carbocycles. The third-order valence-electron chi connectivity index (χ3n) is 9.01. The van der Waals surface area contributed by atoms with Gasteiger partial charge < -0.3 is 35.5 Å². The summed E-state index contributed by atoms with van der Waals surface area (Å²) in [6.45, 7) is 6.61. The number of carbonyl (C=O) groups is 2. The van der Waals surface area contributed by atoms with Crippen molar-refractivity contribution in [2.45, 2.75) is 82.2 Å². The first-order chi connectivity index (χ1) is 22.8. The maximum atomic E-state index is 14.2. The number of sulfonamides is 1. The van der Waals surface area contributed by atoms with Crippen LogP contribution in [0.25, 0.3) is 0 Å². The van der Waals surface area contributed by atoms with Gasteiger partial charge >= 0.3 is 12.2 Å². The fourth-order valence-electron chi connectivity index (χ4n) is 6.56. The standard InChI is InChI=1S/C34H50N4O9S/c1-4-45-32(40)36-18-9-8-17-34(2,3)23-37(48(43,44)26-14-12-25(35)13-15-26)21-30(39)28(20-24-10-6-5-7-11-24)38(33(41)42)29-22-47-31-27(29)16-19-46-31/h5-7,10-15,27-31,39H,4,8-9,16-23,35H2,1-3H3,(H,36,40)(H,41,42)/t27-,28-,29-,30+,31+/m0/s1. The number of nitrogens with one attached hydrogen (secondary N) is 1. The first-order valence-electron chi connectivity index (χ1n) is 16.5. The van der Waals surface area contributed by atoms with Crippen LogP contribution in [-0.2, 0) is 30.7 Å². The van der Waals surface area contributed by atoms with E-state index in [1.54, 1.807) is 6.92 Å². The second-order valence-electron chi connectivity index (χ2n) is 13.2. The second kappa shape index (κ2) is 16.8. The summed E-state index contributed by atoms with van der Waals surface area (Å²) >= 11 is 0. The zero-order valence-electron chi connectivity index (χ0n) is 28.0. The van der Waals surface area contributed by atoms with Crippen LogP contribution in [0.5, 0.6) is 0 Å². The van der Waals surface area contributed by atoms with Gasteiger partial charge in [0, 0.05) is 31.2 Å². The van der Waals surface area contributed by atoms with Crippen molar-refractivity contribution < 1.29 is 42.4 Å². The molecule has 266 valence electrons. The number of amides is 2. The minimum Gasteiger partial charge on any atom is -0.465 e. The lowest BCUT2D eigenvalue weighted by Crippen LogP contribution is -2.58. The number of carbonyl (C=O) groups excluding carboxylic acids is 1. The molecule has 0 radical (unpaired) electrons. The molecule has 14 heteroatoms. The zero-order chi connectivity index (χ0) is 34.9. The Morgan fingerprint density at radius 3 is 2.48 bits per heavy atom. The molecule has 0 unspecified atom stereocenters. The minimum absolute atomic E-state index is 0.0168. The Balaban J connectivity index is 1.60. The van der Waals surface area contributed by atoms with Crippen molar-refractivity contribution in [3.8, 4) is 0 Å². The lowest BCUT2D eigenvalue weighted by Gasteiger charge is -2.40. The summed E-state index contributed by atoms with van der Waals surface area (Å²) in [5.41, 5.74) is 6.52. The largest absolute Gasteiger partial charge is 0.465 e. The number of carboxylic acid groups (broad SMARTS) is 1.